The minimum absolute atomic E-state index is 0.575. The lowest BCUT2D eigenvalue weighted by molar-refractivity contribution is 0.700. The largest absolute Gasteiger partial charge is 0.366 e. The Balaban J connectivity index is 2.25. The van der Waals surface area contributed by atoms with Crippen molar-refractivity contribution in [1.82, 2.24) is 0 Å². The standard InChI is InChI=1S/C12H15BrClNS/c1-9-8-16-5-4-15(9)12-3-2-10(7-13)6-11(12)14/h2-3,6,9H,4-5,7-8H2,1H3. The van der Waals surface area contributed by atoms with Crippen molar-refractivity contribution in [1.29, 1.82) is 0 Å². The number of thioether (sulfide) groups is 1. The molecule has 0 N–H and O–H groups in total. The van der Waals surface area contributed by atoms with Crippen molar-refractivity contribution in [3.63, 3.8) is 0 Å². The van der Waals surface area contributed by atoms with E-state index in [4.69, 9.17) is 11.6 Å². The second kappa shape index (κ2) is 5.65. The Hall–Kier alpha value is 0.140. The fraction of sp³-hybridized carbons (Fsp3) is 0.500. The van der Waals surface area contributed by atoms with Gasteiger partial charge in [-0.15, -0.1) is 0 Å². The maximum atomic E-state index is 6.34. The minimum Gasteiger partial charge on any atom is -0.366 e. The fourth-order valence-corrected chi connectivity index (χ4v) is 3.63. The summed E-state index contributed by atoms with van der Waals surface area (Å²) < 4.78 is 0. The van der Waals surface area contributed by atoms with Crippen LogP contribution in [0.4, 0.5) is 5.69 Å². The first kappa shape index (κ1) is 12.6. The molecule has 1 fully saturated rings. The third-order valence-corrected chi connectivity index (χ3v) is 4.98. The fourth-order valence-electron chi connectivity index (χ4n) is 1.95. The Morgan fingerprint density at radius 2 is 2.38 bits per heavy atom. The first-order valence-electron chi connectivity index (χ1n) is 5.41. The number of nitrogens with zero attached hydrogens (tertiary/aromatic N) is 1. The highest BCUT2D eigenvalue weighted by atomic mass is 79.9. The predicted molar refractivity (Wildman–Crippen MR) is 78.2 cm³/mol. The summed E-state index contributed by atoms with van der Waals surface area (Å²) in [5.74, 6) is 2.39. The van der Waals surface area contributed by atoms with E-state index in [0.717, 1.165) is 16.9 Å². The molecule has 1 aliphatic rings. The highest BCUT2D eigenvalue weighted by molar-refractivity contribution is 9.08. The number of alkyl halides is 1. The number of benzene rings is 1. The Kier molecular flexibility index (Phi) is 4.45. The van der Waals surface area contributed by atoms with Gasteiger partial charge in [-0.05, 0) is 24.6 Å². The van der Waals surface area contributed by atoms with Crippen LogP contribution in [0.1, 0.15) is 12.5 Å². The van der Waals surface area contributed by atoms with Gasteiger partial charge in [-0.25, -0.2) is 0 Å². The van der Waals surface area contributed by atoms with Gasteiger partial charge in [0.15, 0.2) is 0 Å². The molecule has 4 heteroatoms. The van der Waals surface area contributed by atoms with Gasteiger partial charge in [-0.3, -0.25) is 0 Å². The van der Waals surface area contributed by atoms with Crippen LogP contribution in [-0.4, -0.2) is 24.1 Å². The zero-order valence-electron chi connectivity index (χ0n) is 9.25. The van der Waals surface area contributed by atoms with E-state index in [1.165, 1.54) is 22.8 Å². The van der Waals surface area contributed by atoms with Crippen LogP contribution < -0.4 is 4.90 Å². The van der Waals surface area contributed by atoms with E-state index < -0.39 is 0 Å². The molecule has 0 aromatic heterocycles. The van der Waals surface area contributed by atoms with Gasteiger partial charge in [0, 0.05) is 29.4 Å². The number of hydrogen-bond acceptors (Lipinski definition) is 2. The highest BCUT2D eigenvalue weighted by Crippen LogP contribution is 2.31. The summed E-state index contributed by atoms with van der Waals surface area (Å²) in [6.07, 6.45) is 0. The van der Waals surface area contributed by atoms with Crippen molar-refractivity contribution in [2.24, 2.45) is 0 Å². The topological polar surface area (TPSA) is 3.24 Å². The zero-order valence-corrected chi connectivity index (χ0v) is 12.4. The maximum Gasteiger partial charge on any atom is 0.0642 e. The summed E-state index contributed by atoms with van der Waals surface area (Å²) >= 11 is 11.8. The van der Waals surface area contributed by atoms with E-state index in [1.54, 1.807) is 0 Å². The summed E-state index contributed by atoms with van der Waals surface area (Å²) in [5.41, 5.74) is 2.41. The molecule has 0 aliphatic carbocycles. The second-order valence-electron chi connectivity index (χ2n) is 4.04. The lowest BCUT2D eigenvalue weighted by Crippen LogP contribution is -2.40. The molecule has 0 saturated carbocycles. The predicted octanol–water partition coefficient (Wildman–Crippen LogP) is 4.18. The van der Waals surface area contributed by atoms with E-state index in [2.05, 4.69) is 46.0 Å². The molecule has 2 rings (SSSR count). The van der Waals surface area contributed by atoms with Crippen LogP contribution in [0.5, 0.6) is 0 Å². The average molecular weight is 321 g/mol. The minimum atomic E-state index is 0.575. The van der Waals surface area contributed by atoms with Crippen molar-refractivity contribution in [3.8, 4) is 0 Å². The average Bonchev–Trinajstić information content (AvgIpc) is 2.30. The number of rotatable bonds is 2. The molecule has 1 unspecified atom stereocenters. The first-order chi connectivity index (χ1) is 7.72. The van der Waals surface area contributed by atoms with Gasteiger partial charge < -0.3 is 4.90 Å². The summed E-state index contributed by atoms with van der Waals surface area (Å²) in [5, 5.41) is 1.73. The van der Waals surface area contributed by atoms with E-state index in [0.29, 0.717) is 6.04 Å². The van der Waals surface area contributed by atoms with E-state index in [-0.39, 0.29) is 0 Å². The third-order valence-electron chi connectivity index (χ3n) is 2.84. The van der Waals surface area contributed by atoms with Crippen LogP contribution in [0.2, 0.25) is 5.02 Å². The molecule has 1 nitrogen and oxygen atoms in total. The van der Waals surface area contributed by atoms with Gasteiger partial charge in [0.1, 0.15) is 0 Å². The number of halogens is 2. The molecule has 0 radical (unpaired) electrons. The lowest BCUT2D eigenvalue weighted by Gasteiger charge is -2.35. The molecule has 1 saturated heterocycles. The van der Waals surface area contributed by atoms with Crippen molar-refractivity contribution in [2.75, 3.05) is 23.0 Å². The summed E-state index contributed by atoms with van der Waals surface area (Å²) in [4.78, 5) is 2.41. The molecular weight excluding hydrogens is 306 g/mol. The summed E-state index contributed by atoms with van der Waals surface area (Å²) in [6, 6.07) is 6.92. The summed E-state index contributed by atoms with van der Waals surface area (Å²) in [7, 11) is 0. The van der Waals surface area contributed by atoms with Crippen LogP contribution >= 0.6 is 39.3 Å². The quantitative estimate of drug-likeness (QED) is 0.752. The van der Waals surface area contributed by atoms with Gasteiger partial charge in [0.05, 0.1) is 10.7 Å². The van der Waals surface area contributed by atoms with Gasteiger partial charge in [0.2, 0.25) is 0 Å². The van der Waals surface area contributed by atoms with Crippen LogP contribution in [-0.2, 0) is 5.33 Å². The van der Waals surface area contributed by atoms with E-state index in [1.807, 2.05) is 11.8 Å². The van der Waals surface area contributed by atoms with Crippen LogP contribution in [0, 0.1) is 0 Å². The van der Waals surface area contributed by atoms with Crippen LogP contribution in [0.3, 0.4) is 0 Å². The molecular formula is C12H15BrClNS. The second-order valence-corrected chi connectivity index (χ2v) is 6.15. The van der Waals surface area contributed by atoms with E-state index >= 15 is 0 Å². The van der Waals surface area contributed by atoms with Crippen molar-refractivity contribution in [2.45, 2.75) is 18.3 Å². The molecule has 88 valence electrons. The maximum absolute atomic E-state index is 6.34. The Morgan fingerprint density at radius 1 is 1.56 bits per heavy atom. The molecule has 1 atom stereocenters. The monoisotopic (exact) mass is 319 g/mol. The zero-order chi connectivity index (χ0) is 11.5. The van der Waals surface area contributed by atoms with Crippen molar-refractivity contribution in [3.05, 3.63) is 28.8 Å². The molecule has 0 spiro atoms. The van der Waals surface area contributed by atoms with Gasteiger partial charge in [-0.2, -0.15) is 11.8 Å². The van der Waals surface area contributed by atoms with Gasteiger partial charge >= 0.3 is 0 Å². The van der Waals surface area contributed by atoms with E-state index in [9.17, 15) is 0 Å². The van der Waals surface area contributed by atoms with Gasteiger partial charge in [-0.1, -0.05) is 33.6 Å². The first-order valence-corrected chi connectivity index (χ1v) is 8.06. The smallest absolute Gasteiger partial charge is 0.0642 e. The van der Waals surface area contributed by atoms with Crippen molar-refractivity contribution >= 4 is 45.0 Å². The normalized spacial score (nSPS) is 21.2. The SMILES string of the molecule is CC1CSCCN1c1ccc(CBr)cc1Cl. The van der Waals surface area contributed by atoms with Crippen LogP contribution in [0.15, 0.2) is 18.2 Å². The summed E-state index contributed by atoms with van der Waals surface area (Å²) in [6.45, 7) is 3.36. The molecule has 1 heterocycles. The Morgan fingerprint density at radius 3 is 3.00 bits per heavy atom. The molecule has 1 aromatic carbocycles. The number of anilines is 1. The van der Waals surface area contributed by atoms with Crippen LogP contribution in [0.25, 0.3) is 0 Å². The molecule has 0 amide bonds. The molecule has 1 aliphatic heterocycles. The molecule has 1 aromatic rings. The van der Waals surface area contributed by atoms with Crippen molar-refractivity contribution < 1.29 is 0 Å². The third kappa shape index (κ3) is 2.69. The molecule has 0 bridgehead atoms. The molecule has 16 heavy (non-hydrogen) atoms. The highest BCUT2D eigenvalue weighted by Gasteiger charge is 2.20. The Labute approximate surface area is 115 Å². The van der Waals surface area contributed by atoms with Gasteiger partial charge in [0.25, 0.3) is 0 Å². The Bertz CT molecular complexity index is 372. The number of hydrogen-bond donors (Lipinski definition) is 0. The lowest BCUT2D eigenvalue weighted by atomic mass is 10.2.